The zero-order valence-corrected chi connectivity index (χ0v) is 16.2. The molecule has 22 heavy (non-hydrogen) atoms. The Morgan fingerprint density at radius 1 is 1.41 bits per heavy atom. The third-order valence-electron chi connectivity index (χ3n) is 4.29. The largest absolute Gasteiger partial charge is 0.355 e. The van der Waals surface area contributed by atoms with E-state index in [0.717, 1.165) is 37.3 Å². The number of hydrogen-bond acceptors (Lipinski definition) is 3. The highest BCUT2D eigenvalue weighted by molar-refractivity contribution is 14.0. The Hall–Kier alpha value is -0.830. The highest BCUT2D eigenvalue weighted by Crippen LogP contribution is 2.21. The molecule has 1 saturated carbocycles. The number of hydrogen-bond donors (Lipinski definition) is 2. The fourth-order valence-corrected chi connectivity index (χ4v) is 2.85. The van der Waals surface area contributed by atoms with E-state index in [0.29, 0.717) is 0 Å². The predicted octanol–water partition coefficient (Wildman–Crippen LogP) is 1.58. The van der Waals surface area contributed by atoms with E-state index in [1.54, 1.807) is 7.05 Å². The van der Waals surface area contributed by atoms with Crippen molar-refractivity contribution in [2.75, 3.05) is 27.2 Å². The van der Waals surface area contributed by atoms with Crippen molar-refractivity contribution < 1.29 is 0 Å². The first-order valence-electron chi connectivity index (χ1n) is 7.82. The van der Waals surface area contributed by atoms with Gasteiger partial charge in [0.1, 0.15) is 0 Å². The fourth-order valence-electron chi connectivity index (χ4n) is 2.85. The van der Waals surface area contributed by atoms with Gasteiger partial charge in [0.25, 0.3) is 0 Å². The number of rotatable bonds is 6. The van der Waals surface area contributed by atoms with Crippen molar-refractivity contribution in [1.82, 2.24) is 25.3 Å². The lowest BCUT2D eigenvalue weighted by molar-refractivity contribution is 0.249. The Morgan fingerprint density at radius 3 is 2.73 bits per heavy atom. The van der Waals surface area contributed by atoms with Gasteiger partial charge in [0, 0.05) is 39.4 Å². The molecule has 2 rings (SSSR count). The Balaban J connectivity index is 0.00000242. The molecular weight excluding hydrogens is 391 g/mol. The van der Waals surface area contributed by atoms with Crippen LogP contribution in [0.3, 0.4) is 0 Å². The molecule has 0 aliphatic heterocycles. The summed E-state index contributed by atoms with van der Waals surface area (Å²) >= 11 is 0. The van der Waals surface area contributed by atoms with Crippen LogP contribution in [0.1, 0.15) is 31.4 Å². The van der Waals surface area contributed by atoms with Crippen molar-refractivity contribution in [2.24, 2.45) is 12.0 Å². The summed E-state index contributed by atoms with van der Waals surface area (Å²) in [5.74, 6) is 0.844. The molecule has 7 heteroatoms. The molecular formula is C15H29IN6. The second kappa shape index (κ2) is 10.0. The first-order valence-corrected chi connectivity index (χ1v) is 7.82. The minimum absolute atomic E-state index is 0. The number of likely N-dealkylation sites (N-methyl/N-ethyl adjacent to an activating group) is 1. The second-order valence-electron chi connectivity index (χ2n) is 5.72. The van der Waals surface area contributed by atoms with Gasteiger partial charge in [0.05, 0.1) is 12.2 Å². The Kier molecular flexibility index (Phi) is 8.77. The van der Waals surface area contributed by atoms with Crippen molar-refractivity contribution in [1.29, 1.82) is 0 Å². The maximum Gasteiger partial charge on any atom is 0.191 e. The Labute approximate surface area is 150 Å². The predicted molar refractivity (Wildman–Crippen MR) is 102 cm³/mol. The lowest BCUT2D eigenvalue weighted by atomic mass is 10.2. The maximum atomic E-state index is 4.26. The SMILES string of the molecule is CN=C(NCCN(C)C1CCCC1)NCc1ccnn1C.I. The van der Waals surface area contributed by atoms with E-state index in [9.17, 15) is 0 Å². The van der Waals surface area contributed by atoms with E-state index >= 15 is 0 Å². The number of nitrogens with one attached hydrogen (secondary N) is 2. The number of halogens is 1. The summed E-state index contributed by atoms with van der Waals surface area (Å²) in [6.45, 7) is 2.70. The van der Waals surface area contributed by atoms with Crippen LogP contribution in [0.4, 0.5) is 0 Å². The van der Waals surface area contributed by atoms with Gasteiger partial charge in [-0.05, 0) is 26.0 Å². The summed E-state index contributed by atoms with van der Waals surface area (Å²) in [5.41, 5.74) is 1.14. The van der Waals surface area contributed by atoms with Gasteiger partial charge in [-0.2, -0.15) is 5.10 Å². The Morgan fingerprint density at radius 2 is 2.14 bits per heavy atom. The average Bonchev–Trinajstić information content (AvgIpc) is 3.14. The number of aryl methyl sites for hydroxylation is 1. The highest BCUT2D eigenvalue weighted by Gasteiger charge is 2.18. The molecule has 126 valence electrons. The third-order valence-corrected chi connectivity index (χ3v) is 4.29. The molecule has 1 aromatic heterocycles. The molecule has 0 unspecified atom stereocenters. The van der Waals surface area contributed by atoms with Gasteiger partial charge >= 0.3 is 0 Å². The summed E-state index contributed by atoms with van der Waals surface area (Å²) in [5, 5.41) is 10.8. The van der Waals surface area contributed by atoms with Crippen LogP contribution in [0.2, 0.25) is 0 Å². The van der Waals surface area contributed by atoms with Crippen LogP contribution < -0.4 is 10.6 Å². The van der Waals surface area contributed by atoms with E-state index in [-0.39, 0.29) is 24.0 Å². The van der Waals surface area contributed by atoms with Crippen molar-refractivity contribution in [3.63, 3.8) is 0 Å². The third kappa shape index (κ3) is 5.75. The van der Waals surface area contributed by atoms with Crippen molar-refractivity contribution in [3.05, 3.63) is 18.0 Å². The second-order valence-corrected chi connectivity index (χ2v) is 5.72. The molecule has 0 radical (unpaired) electrons. The van der Waals surface area contributed by atoms with Gasteiger partial charge in [-0.25, -0.2) is 0 Å². The van der Waals surface area contributed by atoms with Gasteiger partial charge in [-0.15, -0.1) is 24.0 Å². The minimum Gasteiger partial charge on any atom is -0.355 e. The number of nitrogens with zero attached hydrogens (tertiary/aromatic N) is 4. The number of guanidine groups is 1. The molecule has 0 amide bonds. The molecule has 0 atom stereocenters. The minimum atomic E-state index is 0. The molecule has 1 heterocycles. The normalized spacial score (nSPS) is 15.9. The topological polar surface area (TPSA) is 57.5 Å². The van der Waals surface area contributed by atoms with Crippen molar-refractivity contribution >= 4 is 29.9 Å². The molecule has 1 aliphatic rings. The summed E-state index contributed by atoms with van der Waals surface area (Å²) in [6, 6.07) is 2.78. The van der Waals surface area contributed by atoms with Crippen molar-refractivity contribution in [2.45, 2.75) is 38.3 Å². The Bertz CT molecular complexity index is 453. The maximum absolute atomic E-state index is 4.26. The van der Waals surface area contributed by atoms with Crippen LogP contribution in [0.5, 0.6) is 0 Å². The van der Waals surface area contributed by atoms with Crippen molar-refractivity contribution in [3.8, 4) is 0 Å². The van der Waals surface area contributed by atoms with Gasteiger partial charge < -0.3 is 15.5 Å². The van der Waals surface area contributed by atoms with Crippen LogP contribution in [0.25, 0.3) is 0 Å². The smallest absolute Gasteiger partial charge is 0.191 e. The standard InChI is InChI=1S/C15H28N6.HI/c1-16-15(18-12-14-8-9-19-21(14)3)17-10-11-20(2)13-6-4-5-7-13;/h8-9,13H,4-7,10-12H2,1-3H3,(H2,16,17,18);1H. The molecule has 0 aromatic carbocycles. The van der Waals surface area contributed by atoms with Gasteiger partial charge in [0.15, 0.2) is 5.96 Å². The van der Waals surface area contributed by atoms with E-state index in [1.165, 1.54) is 25.7 Å². The molecule has 0 bridgehead atoms. The molecule has 1 aromatic rings. The lowest BCUT2D eigenvalue weighted by Crippen LogP contribution is -2.42. The molecule has 1 fully saturated rings. The summed E-state index contributed by atoms with van der Waals surface area (Å²) < 4.78 is 1.87. The first kappa shape index (κ1) is 19.2. The average molecular weight is 420 g/mol. The molecule has 2 N–H and O–H groups in total. The highest BCUT2D eigenvalue weighted by atomic mass is 127. The van der Waals surface area contributed by atoms with Crippen LogP contribution in [0.15, 0.2) is 17.3 Å². The van der Waals surface area contributed by atoms with Crippen LogP contribution in [-0.4, -0.2) is 53.9 Å². The fraction of sp³-hybridized carbons (Fsp3) is 0.733. The van der Waals surface area contributed by atoms with Crippen LogP contribution in [-0.2, 0) is 13.6 Å². The van der Waals surface area contributed by atoms with E-state index in [2.05, 4.69) is 32.7 Å². The first-order chi connectivity index (χ1) is 10.2. The molecule has 0 saturated heterocycles. The molecule has 6 nitrogen and oxygen atoms in total. The quantitative estimate of drug-likeness (QED) is 0.417. The zero-order chi connectivity index (χ0) is 15.1. The van der Waals surface area contributed by atoms with E-state index in [4.69, 9.17) is 0 Å². The molecule has 1 aliphatic carbocycles. The van der Waals surface area contributed by atoms with Crippen LogP contribution >= 0.6 is 24.0 Å². The van der Waals surface area contributed by atoms with Gasteiger partial charge in [-0.3, -0.25) is 9.67 Å². The zero-order valence-electron chi connectivity index (χ0n) is 13.9. The summed E-state index contributed by atoms with van der Waals surface area (Å²) in [6.07, 6.45) is 7.28. The summed E-state index contributed by atoms with van der Waals surface area (Å²) in [7, 11) is 5.98. The van der Waals surface area contributed by atoms with Crippen LogP contribution in [0, 0.1) is 0 Å². The number of aliphatic imine (C=N–C) groups is 1. The lowest BCUT2D eigenvalue weighted by Gasteiger charge is -2.24. The van der Waals surface area contributed by atoms with Gasteiger partial charge in [0.2, 0.25) is 0 Å². The number of aromatic nitrogens is 2. The monoisotopic (exact) mass is 420 g/mol. The van der Waals surface area contributed by atoms with Gasteiger partial charge in [-0.1, -0.05) is 12.8 Å². The van der Waals surface area contributed by atoms with E-state index < -0.39 is 0 Å². The summed E-state index contributed by atoms with van der Waals surface area (Å²) in [4.78, 5) is 6.72. The molecule has 0 spiro atoms. The van der Waals surface area contributed by atoms with E-state index in [1.807, 2.05) is 24.0 Å².